The predicted octanol–water partition coefficient (Wildman–Crippen LogP) is 2.49. The van der Waals surface area contributed by atoms with Crippen molar-refractivity contribution < 1.29 is 23.5 Å². The average Bonchev–Trinajstić information content (AvgIpc) is 2.93. The number of methoxy groups -OCH3 is 2. The summed E-state index contributed by atoms with van der Waals surface area (Å²) in [5.41, 5.74) is 2.79. The number of aryl methyl sites for hydroxylation is 1. The lowest BCUT2D eigenvalue weighted by atomic mass is 10.2. The van der Waals surface area contributed by atoms with Crippen LogP contribution < -0.4 is 0 Å². The molecule has 0 aliphatic carbocycles. The minimum Gasteiger partial charge on any atom is -0.468 e. The maximum absolute atomic E-state index is 13.2. The third-order valence-electron chi connectivity index (χ3n) is 4.15. The van der Waals surface area contributed by atoms with Gasteiger partial charge in [-0.3, -0.25) is 9.59 Å². The van der Waals surface area contributed by atoms with Gasteiger partial charge in [0, 0.05) is 30.7 Å². The van der Waals surface area contributed by atoms with Crippen LogP contribution in [0, 0.1) is 19.7 Å². The SMILES string of the molecule is COCCN(CC(=O)OC)C(=O)c1cc(C)n(-c2ccc(F)cc2)c1C. The van der Waals surface area contributed by atoms with Gasteiger partial charge in [0.2, 0.25) is 0 Å². The van der Waals surface area contributed by atoms with E-state index in [2.05, 4.69) is 4.74 Å². The molecule has 0 bridgehead atoms. The first-order valence-electron chi connectivity index (χ1n) is 8.19. The van der Waals surface area contributed by atoms with E-state index in [-0.39, 0.29) is 24.8 Å². The highest BCUT2D eigenvalue weighted by molar-refractivity contribution is 5.97. The summed E-state index contributed by atoms with van der Waals surface area (Å²) in [6.07, 6.45) is 0. The lowest BCUT2D eigenvalue weighted by molar-refractivity contribution is -0.141. The molecule has 0 atom stereocenters. The highest BCUT2D eigenvalue weighted by atomic mass is 19.1. The van der Waals surface area contributed by atoms with Gasteiger partial charge in [0.15, 0.2) is 0 Å². The van der Waals surface area contributed by atoms with Crippen LogP contribution in [0.5, 0.6) is 0 Å². The van der Waals surface area contributed by atoms with Crippen molar-refractivity contribution in [3.05, 3.63) is 53.1 Å². The van der Waals surface area contributed by atoms with Crippen LogP contribution in [0.1, 0.15) is 21.7 Å². The number of hydrogen-bond donors (Lipinski definition) is 0. The summed E-state index contributed by atoms with van der Waals surface area (Å²) >= 11 is 0. The number of nitrogens with zero attached hydrogens (tertiary/aromatic N) is 2. The molecule has 1 aromatic heterocycles. The van der Waals surface area contributed by atoms with Gasteiger partial charge in [-0.2, -0.15) is 0 Å². The summed E-state index contributed by atoms with van der Waals surface area (Å²) in [6.45, 7) is 4.10. The largest absolute Gasteiger partial charge is 0.468 e. The number of rotatable bonds is 7. The number of esters is 1. The number of hydrogen-bond acceptors (Lipinski definition) is 4. The lowest BCUT2D eigenvalue weighted by Crippen LogP contribution is -2.38. The normalized spacial score (nSPS) is 10.7. The van der Waals surface area contributed by atoms with Crippen LogP contribution in [0.25, 0.3) is 5.69 Å². The van der Waals surface area contributed by atoms with E-state index in [1.54, 1.807) is 18.2 Å². The monoisotopic (exact) mass is 362 g/mol. The highest BCUT2D eigenvalue weighted by Gasteiger charge is 2.23. The Morgan fingerprint density at radius 1 is 1.15 bits per heavy atom. The average molecular weight is 362 g/mol. The Hall–Kier alpha value is -2.67. The van der Waals surface area contributed by atoms with Gasteiger partial charge < -0.3 is 18.9 Å². The minimum absolute atomic E-state index is 0.154. The van der Waals surface area contributed by atoms with E-state index in [9.17, 15) is 14.0 Å². The van der Waals surface area contributed by atoms with Crippen LogP contribution in [0.3, 0.4) is 0 Å². The van der Waals surface area contributed by atoms with Crippen molar-refractivity contribution in [2.45, 2.75) is 13.8 Å². The third-order valence-corrected chi connectivity index (χ3v) is 4.15. The fraction of sp³-hybridized carbons (Fsp3) is 0.368. The second-order valence-corrected chi connectivity index (χ2v) is 5.89. The van der Waals surface area contributed by atoms with Crippen molar-refractivity contribution in [2.75, 3.05) is 33.9 Å². The topological polar surface area (TPSA) is 60.8 Å². The van der Waals surface area contributed by atoms with Crippen molar-refractivity contribution in [2.24, 2.45) is 0 Å². The Bertz CT molecular complexity index is 784. The molecule has 7 heteroatoms. The number of ether oxygens (including phenoxy) is 2. The molecule has 0 saturated carbocycles. The van der Waals surface area contributed by atoms with Crippen molar-refractivity contribution >= 4 is 11.9 Å². The molecule has 0 radical (unpaired) electrons. The van der Waals surface area contributed by atoms with Gasteiger partial charge in [-0.15, -0.1) is 0 Å². The van der Waals surface area contributed by atoms with E-state index in [4.69, 9.17) is 4.74 Å². The van der Waals surface area contributed by atoms with Gasteiger partial charge in [0.05, 0.1) is 19.3 Å². The molecule has 0 spiro atoms. The number of carbonyl (C=O) groups is 2. The van der Waals surface area contributed by atoms with Gasteiger partial charge in [-0.05, 0) is 44.2 Å². The molecule has 1 aromatic carbocycles. The van der Waals surface area contributed by atoms with E-state index in [0.29, 0.717) is 17.9 Å². The van der Waals surface area contributed by atoms with Crippen LogP contribution >= 0.6 is 0 Å². The maximum atomic E-state index is 13.2. The van der Waals surface area contributed by atoms with Crippen LogP contribution in [0.15, 0.2) is 30.3 Å². The van der Waals surface area contributed by atoms with Gasteiger partial charge in [-0.1, -0.05) is 0 Å². The maximum Gasteiger partial charge on any atom is 0.325 e. The minimum atomic E-state index is -0.498. The summed E-state index contributed by atoms with van der Waals surface area (Å²) in [4.78, 5) is 26.0. The number of aromatic nitrogens is 1. The summed E-state index contributed by atoms with van der Waals surface area (Å²) in [5.74, 6) is -1.10. The van der Waals surface area contributed by atoms with Crippen LogP contribution in [0.4, 0.5) is 4.39 Å². The quantitative estimate of drug-likeness (QED) is 0.710. The van der Waals surface area contributed by atoms with E-state index < -0.39 is 5.97 Å². The molecule has 0 aliphatic heterocycles. The zero-order valence-corrected chi connectivity index (χ0v) is 15.4. The van der Waals surface area contributed by atoms with E-state index in [0.717, 1.165) is 11.4 Å². The van der Waals surface area contributed by atoms with E-state index >= 15 is 0 Å². The summed E-state index contributed by atoms with van der Waals surface area (Å²) in [7, 11) is 2.81. The van der Waals surface area contributed by atoms with Crippen molar-refractivity contribution in [1.82, 2.24) is 9.47 Å². The Morgan fingerprint density at radius 2 is 1.81 bits per heavy atom. The number of carbonyl (C=O) groups excluding carboxylic acids is 2. The van der Waals surface area contributed by atoms with Crippen molar-refractivity contribution in [3.63, 3.8) is 0 Å². The first kappa shape index (κ1) is 19.7. The summed E-state index contributed by atoms with van der Waals surface area (Å²) in [5, 5.41) is 0. The van der Waals surface area contributed by atoms with Gasteiger partial charge in [-0.25, -0.2) is 4.39 Å². The Kier molecular flexibility index (Phi) is 6.52. The van der Waals surface area contributed by atoms with E-state index in [1.165, 1.54) is 31.3 Å². The first-order chi connectivity index (χ1) is 12.4. The Labute approximate surface area is 152 Å². The van der Waals surface area contributed by atoms with Crippen LogP contribution in [-0.4, -0.2) is 55.3 Å². The van der Waals surface area contributed by atoms with Gasteiger partial charge in [0.25, 0.3) is 5.91 Å². The fourth-order valence-corrected chi connectivity index (χ4v) is 2.81. The summed E-state index contributed by atoms with van der Waals surface area (Å²) in [6, 6.07) is 7.81. The summed E-state index contributed by atoms with van der Waals surface area (Å²) < 4.78 is 24.8. The van der Waals surface area contributed by atoms with Gasteiger partial charge >= 0.3 is 5.97 Å². The van der Waals surface area contributed by atoms with E-state index in [1.807, 2.05) is 18.4 Å². The van der Waals surface area contributed by atoms with Crippen LogP contribution in [0.2, 0.25) is 0 Å². The van der Waals surface area contributed by atoms with Crippen molar-refractivity contribution in [1.29, 1.82) is 0 Å². The smallest absolute Gasteiger partial charge is 0.325 e. The molecule has 0 N–H and O–H groups in total. The Balaban J connectivity index is 2.36. The molecular weight excluding hydrogens is 339 g/mol. The molecule has 26 heavy (non-hydrogen) atoms. The molecule has 0 unspecified atom stereocenters. The van der Waals surface area contributed by atoms with Crippen molar-refractivity contribution in [3.8, 4) is 5.69 Å². The number of halogens is 1. The second kappa shape index (κ2) is 8.62. The first-order valence-corrected chi connectivity index (χ1v) is 8.19. The molecule has 1 amide bonds. The molecule has 0 fully saturated rings. The third kappa shape index (κ3) is 4.29. The molecule has 6 nitrogen and oxygen atoms in total. The molecule has 2 aromatic rings. The van der Waals surface area contributed by atoms with Gasteiger partial charge in [0.1, 0.15) is 12.4 Å². The number of amides is 1. The molecular formula is C19H23FN2O4. The molecule has 1 heterocycles. The fourth-order valence-electron chi connectivity index (χ4n) is 2.81. The lowest BCUT2D eigenvalue weighted by Gasteiger charge is -2.21. The zero-order chi connectivity index (χ0) is 19.3. The highest BCUT2D eigenvalue weighted by Crippen LogP contribution is 2.22. The zero-order valence-electron chi connectivity index (χ0n) is 15.4. The predicted molar refractivity (Wildman–Crippen MR) is 95.0 cm³/mol. The molecule has 0 saturated heterocycles. The van der Waals surface area contributed by atoms with Crippen LogP contribution in [-0.2, 0) is 14.3 Å². The molecule has 140 valence electrons. The molecule has 0 aliphatic rings. The number of benzene rings is 1. The second-order valence-electron chi connectivity index (χ2n) is 5.89. The Morgan fingerprint density at radius 3 is 2.38 bits per heavy atom. The molecule has 2 rings (SSSR count). The standard InChI is InChI=1S/C19H23FN2O4/c1-13-11-17(14(2)22(13)16-7-5-15(20)6-8-16)19(24)21(9-10-25-3)12-18(23)26-4/h5-8,11H,9-10,12H2,1-4H3.